The van der Waals surface area contributed by atoms with Crippen LogP contribution in [-0.2, 0) is 0 Å². The van der Waals surface area contributed by atoms with E-state index in [1.165, 1.54) is 0 Å². The number of fused-ring (bicyclic) bond motifs is 2. The first-order valence-corrected chi connectivity index (χ1v) is 11.5. The van der Waals surface area contributed by atoms with Crippen LogP contribution in [0.2, 0.25) is 0 Å². The summed E-state index contributed by atoms with van der Waals surface area (Å²) in [5.74, 6) is -0.293. The molecule has 1 amide bonds. The lowest BCUT2D eigenvalue weighted by Crippen LogP contribution is -2.32. The first kappa shape index (κ1) is 22.3. The van der Waals surface area contributed by atoms with Gasteiger partial charge in [0.25, 0.3) is 11.5 Å². The number of benzene rings is 2. The summed E-state index contributed by atoms with van der Waals surface area (Å²) < 4.78 is 3.27. The van der Waals surface area contributed by atoms with Crippen molar-refractivity contribution in [3.8, 4) is 5.69 Å². The highest BCUT2D eigenvalue weighted by Gasteiger charge is 2.23. The Morgan fingerprint density at radius 3 is 2.66 bits per heavy atom. The summed E-state index contributed by atoms with van der Waals surface area (Å²) in [4.78, 5) is 31.6. The molecule has 0 saturated heterocycles. The highest BCUT2D eigenvalue weighted by molar-refractivity contribution is 6.01. The molecule has 0 fully saturated rings. The second-order valence-electron chi connectivity index (χ2n) is 8.40. The van der Waals surface area contributed by atoms with Gasteiger partial charge in [-0.25, -0.2) is 9.50 Å². The third-order valence-electron chi connectivity index (χ3n) is 6.06. The van der Waals surface area contributed by atoms with Crippen LogP contribution in [0.4, 0.5) is 0 Å². The van der Waals surface area contributed by atoms with Crippen LogP contribution in [0.15, 0.2) is 83.9 Å². The molecule has 0 aliphatic rings. The summed E-state index contributed by atoms with van der Waals surface area (Å²) in [6, 6.07) is 18.5. The number of allylic oxidation sites excluding steroid dienone is 1. The van der Waals surface area contributed by atoms with E-state index in [4.69, 9.17) is 0 Å². The van der Waals surface area contributed by atoms with Gasteiger partial charge in [-0.05, 0) is 56.0 Å². The molecule has 3 heterocycles. The normalized spacial score (nSPS) is 12.4. The second-order valence-corrected chi connectivity index (χ2v) is 8.40. The molecule has 0 aliphatic carbocycles. The lowest BCUT2D eigenvalue weighted by Gasteiger charge is -2.21. The Morgan fingerprint density at radius 2 is 1.89 bits per heavy atom. The fraction of sp³-hybridized carbons (Fsp3) is 0.143. The molecule has 0 spiro atoms. The molecule has 0 radical (unpaired) electrons. The maximum atomic E-state index is 13.9. The lowest BCUT2D eigenvalue weighted by atomic mass is 10.0. The van der Waals surface area contributed by atoms with Crippen LogP contribution in [0.25, 0.3) is 28.2 Å². The molecule has 7 heteroatoms. The van der Waals surface area contributed by atoms with Crippen molar-refractivity contribution in [2.24, 2.45) is 0 Å². The van der Waals surface area contributed by atoms with Crippen LogP contribution in [-0.4, -0.2) is 25.1 Å². The Balaban J connectivity index is 1.66. The predicted molar refractivity (Wildman–Crippen MR) is 138 cm³/mol. The first-order chi connectivity index (χ1) is 17.0. The fourth-order valence-corrected chi connectivity index (χ4v) is 4.49. The SMILES string of the molecule is C/C=C/c1cccc2cc([C@@H](C)NC(=O)c3c(C)nn4cccnc34)n(-c3ccccc3)c(=O)c12. The summed E-state index contributed by atoms with van der Waals surface area (Å²) in [6.45, 7) is 5.59. The van der Waals surface area contributed by atoms with Crippen LogP contribution < -0.4 is 10.9 Å². The van der Waals surface area contributed by atoms with Gasteiger partial charge in [0, 0.05) is 23.8 Å². The van der Waals surface area contributed by atoms with E-state index in [0.717, 1.165) is 16.6 Å². The summed E-state index contributed by atoms with van der Waals surface area (Å²) in [6.07, 6.45) is 7.25. The minimum atomic E-state index is -0.469. The average Bonchev–Trinajstić information content (AvgIpc) is 3.20. The third-order valence-corrected chi connectivity index (χ3v) is 6.06. The predicted octanol–water partition coefficient (Wildman–Crippen LogP) is 4.87. The van der Waals surface area contributed by atoms with Gasteiger partial charge in [-0.15, -0.1) is 0 Å². The minimum Gasteiger partial charge on any atom is -0.344 e. The number of pyridine rings is 1. The Hall–Kier alpha value is -4.52. The second kappa shape index (κ2) is 9.02. The molecule has 1 atom stereocenters. The maximum Gasteiger partial charge on any atom is 0.263 e. The molecule has 0 saturated carbocycles. The molecule has 0 unspecified atom stereocenters. The van der Waals surface area contributed by atoms with Crippen molar-refractivity contribution in [1.82, 2.24) is 24.5 Å². The van der Waals surface area contributed by atoms with Crippen molar-refractivity contribution >= 4 is 28.4 Å². The monoisotopic (exact) mass is 463 g/mol. The number of nitrogens with one attached hydrogen (secondary N) is 1. The number of amides is 1. The molecule has 0 bridgehead atoms. The smallest absolute Gasteiger partial charge is 0.263 e. The van der Waals surface area contributed by atoms with Crippen molar-refractivity contribution in [1.29, 1.82) is 0 Å². The van der Waals surface area contributed by atoms with Gasteiger partial charge in [-0.1, -0.05) is 48.6 Å². The standard InChI is InChI=1S/C28H25N5O2/c1-4-10-20-11-8-12-21-17-23(33(28(35)25(20)21)22-13-6-5-7-14-22)18(2)30-27(34)24-19(3)31-32-16-9-15-29-26(24)32/h4-18H,1-3H3,(H,30,34)/b10-4+/t18-/m1/s1. The van der Waals surface area contributed by atoms with E-state index in [1.54, 1.807) is 34.5 Å². The number of carbonyl (C=O) groups is 1. The van der Waals surface area contributed by atoms with Gasteiger partial charge >= 0.3 is 0 Å². The van der Waals surface area contributed by atoms with Crippen molar-refractivity contribution in [2.75, 3.05) is 0 Å². The van der Waals surface area contributed by atoms with E-state index in [-0.39, 0.29) is 11.5 Å². The zero-order valence-corrected chi connectivity index (χ0v) is 19.8. The topological polar surface area (TPSA) is 81.3 Å². The highest BCUT2D eigenvalue weighted by atomic mass is 16.2. The number of rotatable bonds is 5. The Morgan fingerprint density at radius 1 is 1.09 bits per heavy atom. The quantitative estimate of drug-likeness (QED) is 0.403. The molecule has 0 aliphatic heterocycles. The van der Waals surface area contributed by atoms with Crippen LogP contribution in [0, 0.1) is 6.92 Å². The van der Waals surface area contributed by atoms with Gasteiger partial charge in [0.1, 0.15) is 5.56 Å². The molecule has 5 rings (SSSR count). The molecule has 35 heavy (non-hydrogen) atoms. The first-order valence-electron chi connectivity index (χ1n) is 11.5. The lowest BCUT2D eigenvalue weighted by molar-refractivity contribution is 0.0939. The molecule has 5 aromatic rings. The van der Waals surface area contributed by atoms with Gasteiger partial charge in [-0.2, -0.15) is 5.10 Å². The van der Waals surface area contributed by atoms with Crippen LogP contribution >= 0.6 is 0 Å². The minimum absolute atomic E-state index is 0.132. The van der Waals surface area contributed by atoms with E-state index >= 15 is 0 Å². The van der Waals surface area contributed by atoms with E-state index in [1.807, 2.05) is 80.6 Å². The Bertz CT molecular complexity index is 1650. The molecule has 1 N–H and O–H groups in total. The fourth-order valence-electron chi connectivity index (χ4n) is 4.49. The molecule has 3 aromatic heterocycles. The van der Waals surface area contributed by atoms with Gasteiger partial charge in [0.2, 0.25) is 0 Å². The number of aromatic nitrogens is 4. The molecule has 2 aromatic carbocycles. The average molecular weight is 464 g/mol. The number of hydrogen-bond donors (Lipinski definition) is 1. The van der Waals surface area contributed by atoms with Crippen molar-refractivity contribution in [3.05, 3.63) is 112 Å². The Labute approximate surface area is 202 Å². The Kier molecular flexibility index (Phi) is 5.74. The van der Waals surface area contributed by atoms with Gasteiger partial charge in [0.15, 0.2) is 5.65 Å². The summed E-state index contributed by atoms with van der Waals surface area (Å²) in [7, 11) is 0. The van der Waals surface area contributed by atoms with Gasteiger partial charge in [0.05, 0.1) is 17.1 Å². The number of carbonyl (C=O) groups excluding carboxylic acids is 1. The van der Waals surface area contributed by atoms with Crippen molar-refractivity contribution in [2.45, 2.75) is 26.8 Å². The van der Waals surface area contributed by atoms with Crippen molar-refractivity contribution in [3.63, 3.8) is 0 Å². The summed E-state index contributed by atoms with van der Waals surface area (Å²) >= 11 is 0. The number of para-hydroxylation sites is 1. The number of nitrogens with zero attached hydrogens (tertiary/aromatic N) is 4. The number of hydrogen-bond acceptors (Lipinski definition) is 4. The molecule has 7 nitrogen and oxygen atoms in total. The van der Waals surface area contributed by atoms with Gasteiger partial charge < -0.3 is 5.32 Å². The maximum absolute atomic E-state index is 13.9. The van der Waals surface area contributed by atoms with Crippen molar-refractivity contribution < 1.29 is 4.79 Å². The highest BCUT2D eigenvalue weighted by Crippen LogP contribution is 2.24. The van der Waals surface area contributed by atoms with Crippen LogP contribution in [0.5, 0.6) is 0 Å². The van der Waals surface area contributed by atoms with Crippen LogP contribution in [0.3, 0.4) is 0 Å². The third kappa shape index (κ3) is 3.91. The number of aryl methyl sites for hydroxylation is 1. The molecular weight excluding hydrogens is 438 g/mol. The summed E-state index contributed by atoms with van der Waals surface area (Å²) in [5.41, 5.74) is 3.64. The van der Waals surface area contributed by atoms with E-state index in [0.29, 0.717) is 28.0 Å². The molecular formula is C28H25N5O2. The largest absolute Gasteiger partial charge is 0.344 e. The van der Waals surface area contributed by atoms with E-state index < -0.39 is 6.04 Å². The van der Waals surface area contributed by atoms with E-state index in [9.17, 15) is 9.59 Å². The summed E-state index contributed by atoms with van der Waals surface area (Å²) in [5, 5.41) is 8.92. The van der Waals surface area contributed by atoms with Gasteiger partial charge in [-0.3, -0.25) is 14.2 Å². The van der Waals surface area contributed by atoms with E-state index in [2.05, 4.69) is 15.4 Å². The zero-order chi connectivity index (χ0) is 24.5. The molecule has 174 valence electrons. The zero-order valence-electron chi connectivity index (χ0n) is 19.8. The van der Waals surface area contributed by atoms with Crippen LogP contribution in [0.1, 0.15) is 47.2 Å².